The highest BCUT2D eigenvalue weighted by molar-refractivity contribution is 5.84. The van der Waals surface area contributed by atoms with Crippen LogP contribution in [0, 0.1) is 0 Å². The zero-order valence-electron chi connectivity index (χ0n) is 16.4. The molecular weight excluding hydrogens is 364 g/mol. The number of para-hydroxylation sites is 3. The Labute approximate surface area is 169 Å². The number of fused-ring (bicyclic) bond motifs is 1. The van der Waals surface area contributed by atoms with Gasteiger partial charge in [0, 0.05) is 12.1 Å². The van der Waals surface area contributed by atoms with Crippen molar-refractivity contribution in [2.45, 2.75) is 26.0 Å². The van der Waals surface area contributed by atoms with Gasteiger partial charge >= 0.3 is 0 Å². The van der Waals surface area contributed by atoms with Gasteiger partial charge in [-0.25, -0.2) is 4.98 Å². The highest BCUT2D eigenvalue weighted by Gasteiger charge is 2.29. The first kappa shape index (κ1) is 18.7. The Morgan fingerprint density at radius 1 is 0.966 bits per heavy atom. The maximum Gasteiger partial charge on any atom is 0.263 e. The maximum absolute atomic E-state index is 12.6. The lowest BCUT2D eigenvalue weighted by Crippen LogP contribution is -2.46. The van der Waals surface area contributed by atoms with Crippen LogP contribution in [0.1, 0.15) is 19.4 Å². The van der Waals surface area contributed by atoms with Crippen LogP contribution in [-0.4, -0.2) is 16.5 Å². The summed E-state index contributed by atoms with van der Waals surface area (Å²) in [6.45, 7) is 3.92. The van der Waals surface area contributed by atoms with Gasteiger partial charge in [-0.05, 0) is 55.8 Å². The number of hydrogen-bond donors (Lipinski definition) is 1. The van der Waals surface area contributed by atoms with E-state index in [1.165, 1.54) is 0 Å². The Morgan fingerprint density at radius 3 is 2.38 bits per heavy atom. The Bertz CT molecular complexity index is 1080. The third-order valence-electron chi connectivity index (χ3n) is 4.61. The van der Waals surface area contributed by atoms with Gasteiger partial charge in [-0.15, -0.1) is 0 Å². The van der Waals surface area contributed by atoms with Crippen molar-refractivity contribution in [3.05, 3.63) is 84.4 Å². The molecule has 1 aromatic heterocycles. The molecule has 0 aliphatic heterocycles. The molecule has 29 heavy (non-hydrogen) atoms. The van der Waals surface area contributed by atoms with E-state index in [2.05, 4.69) is 10.3 Å². The van der Waals surface area contributed by atoms with Crippen molar-refractivity contribution in [2.24, 2.45) is 0 Å². The number of oxazole rings is 1. The second kappa shape index (κ2) is 7.80. The molecule has 0 saturated heterocycles. The normalized spacial score (nSPS) is 11.4. The van der Waals surface area contributed by atoms with Crippen LogP contribution in [0.3, 0.4) is 0 Å². The SMILES string of the molecule is CC(C)(Oc1ccccc1)C(=O)NCc1ccc(-c2nc3ccccc3o2)cc1. The van der Waals surface area contributed by atoms with Gasteiger partial charge < -0.3 is 14.5 Å². The molecule has 1 amide bonds. The van der Waals surface area contributed by atoms with Crippen molar-refractivity contribution < 1.29 is 13.9 Å². The van der Waals surface area contributed by atoms with E-state index in [4.69, 9.17) is 9.15 Å². The van der Waals surface area contributed by atoms with Crippen molar-refractivity contribution in [2.75, 3.05) is 0 Å². The predicted molar refractivity (Wildman–Crippen MR) is 112 cm³/mol. The van der Waals surface area contributed by atoms with Gasteiger partial charge in [-0.3, -0.25) is 4.79 Å². The van der Waals surface area contributed by atoms with Crippen LogP contribution in [0.5, 0.6) is 5.75 Å². The standard InChI is InChI=1S/C24H22N2O3/c1-24(2,29-19-8-4-3-5-9-19)23(27)25-16-17-12-14-18(15-13-17)22-26-20-10-6-7-11-21(20)28-22/h3-15H,16H2,1-2H3,(H,25,27). The van der Waals surface area contributed by atoms with E-state index in [-0.39, 0.29) is 5.91 Å². The van der Waals surface area contributed by atoms with Crippen LogP contribution in [-0.2, 0) is 11.3 Å². The summed E-state index contributed by atoms with van der Waals surface area (Å²) in [5.41, 5.74) is 2.50. The molecule has 0 radical (unpaired) electrons. The van der Waals surface area contributed by atoms with Gasteiger partial charge in [0.15, 0.2) is 11.2 Å². The van der Waals surface area contributed by atoms with Gasteiger partial charge in [0.05, 0.1) is 0 Å². The minimum Gasteiger partial charge on any atom is -0.478 e. The maximum atomic E-state index is 12.6. The summed E-state index contributed by atoms with van der Waals surface area (Å²) in [6.07, 6.45) is 0. The molecule has 0 aliphatic rings. The largest absolute Gasteiger partial charge is 0.478 e. The van der Waals surface area contributed by atoms with E-state index < -0.39 is 5.60 Å². The number of rotatable bonds is 6. The number of amides is 1. The van der Waals surface area contributed by atoms with Crippen LogP contribution in [0.25, 0.3) is 22.6 Å². The summed E-state index contributed by atoms with van der Waals surface area (Å²) >= 11 is 0. The molecule has 5 heteroatoms. The van der Waals surface area contributed by atoms with Gasteiger partial charge in [0.1, 0.15) is 11.3 Å². The molecule has 1 heterocycles. The fourth-order valence-corrected chi connectivity index (χ4v) is 2.99. The fourth-order valence-electron chi connectivity index (χ4n) is 2.99. The summed E-state index contributed by atoms with van der Waals surface area (Å²) < 4.78 is 11.6. The summed E-state index contributed by atoms with van der Waals surface area (Å²) in [7, 11) is 0. The fraction of sp³-hybridized carbons (Fsp3) is 0.167. The Hall–Kier alpha value is -3.60. The molecule has 0 aliphatic carbocycles. The average molecular weight is 386 g/mol. The lowest BCUT2D eigenvalue weighted by molar-refractivity contribution is -0.134. The number of benzene rings is 3. The molecule has 0 saturated carbocycles. The van der Waals surface area contributed by atoms with E-state index in [1.54, 1.807) is 13.8 Å². The number of carbonyl (C=O) groups is 1. The summed E-state index contributed by atoms with van der Waals surface area (Å²) in [4.78, 5) is 17.1. The molecule has 0 fully saturated rings. The molecule has 0 bridgehead atoms. The minimum absolute atomic E-state index is 0.176. The van der Waals surface area contributed by atoms with Crippen molar-refractivity contribution in [3.63, 3.8) is 0 Å². The molecule has 5 nitrogen and oxygen atoms in total. The Morgan fingerprint density at radius 2 is 1.66 bits per heavy atom. The van der Waals surface area contributed by atoms with Gasteiger partial charge in [0.2, 0.25) is 5.89 Å². The summed E-state index contributed by atoms with van der Waals surface area (Å²) in [6, 6.07) is 24.8. The third kappa shape index (κ3) is 4.29. The summed E-state index contributed by atoms with van der Waals surface area (Å²) in [5, 5.41) is 2.94. The Kier molecular flexibility index (Phi) is 5.04. The van der Waals surface area contributed by atoms with E-state index in [1.807, 2.05) is 78.9 Å². The van der Waals surface area contributed by atoms with Crippen molar-refractivity contribution >= 4 is 17.0 Å². The molecule has 0 unspecified atom stereocenters. The van der Waals surface area contributed by atoms with Crippen LogP contribution < -0.4 is 10.1 Å². The number of carbonyl (C=O) groups excluding carboxylic acids is 1. The predicted octanol–water partition coefficient (Wildman–Crippen LogP) is 4.97. The quantitative estimate of drug-likeness (QED) is 0.508. The number of nitrogens with zero attached hydrogens (tertiary/aromatic N) is 1. The molecular formula is C24H22N2O3. The number of ether oxygens (including phenoxy) is 1. The van der Waals surface area contributed by atoms with Crippen LogP contribution in [0.15, 0.2) is 83.3 Å². The summed E-state index contributed by atoms with van der Waals surface area (Å²) in [5.74, 6) is 1.07. The van der Waals surface area contributed by atoms with Gasteiger partial charge in [-0.2, -0.15) is 0 Å². The zero-order valence-corrected chi connectivity index (χ0v) is 16.4. The molecule has 146 valence electrons. The molecule has 0 spiro atoms. The third-order valence-corrected chi connectivity index (χ3v) is 4.61. The van der Waals surface area contributed by atoms with Crippen LogP contribution in [0.2, 0.25) is 0 Å². The van der Waals surface area contributed by atoms with Crippen LogP contribution >= 0.6 is 0 Å². The highest BCUT2D eigenvalue weighted by atomic mass is 16.5. The minimum atomic E-state index is -0.973. The molecule has 4 rings (SSSR count). The highest BCUT2D eigenvalue weighted by Crippen LogP contribution is 2.24. The van der Waals surface area contributed by atoms with E-state index in [9.17, 15) is 4.79 Å². The average Bonchev–Trinajstić information content (AvgIpc) is 3.17. The van der Waals surface area contributed by atoms with Gasteiger partial charge in [0.25, 0.3) is 5.91 Å². The smallest absolute Gasteiger partial charge is 0.263 e. The number of aromatic nitrogens is 1. The first-order valence-electron chi connectivity index (χ1n) is 9.48. The van der Waals surface area contributed by atoms with Gasteiger partial charge in [-0.1, -0.05) is 42.5 Å². The molecule has 0 atom stereocenters. The monoisotopic (exact) mass is 386 g/mol. The second-order valence-corrected chi connectivity index (χ2v) is 7.29. The number of nitrogens with one attached hydrogen (secondary N) is 1. The van der Waals surface area contributed by atoms with E-state index in [0.29, 0.717) is 18.2 Å². The number of hydrogen-bond acceptors (Lipinski definition) is 4. The van der Waals surface area contributed by atoms with E-state index in [0.717, 1.165) is 22.2 Å². The van der Waals surface area contributed by atoms with Crippen molar-refractivity contribution in [1.82, 2.24) is 10.3 Å². The van der Waals surface area contributed by atoms with Crippen molar-refractivity contribution in [3.8, 4) is 17.2 Å². The first-order chi connectivity index (χ1) is 14.0. The topological polar surface area (TPSA) is 64.4 Å². The Balaban J connectivity index is 1.39. The molecule has 3 aromatic carbocycles. The zero-order chi connectivity index (χ0) is 20.3. The van der Waals surface area contributed by atoms with Crippen molar-refractivity contribution in [1.29, 1.82) is 0 Å². The first-order valence-corrected chi connectivity index (χ1v) is 9.48. The van der Waals surface area contributed by atoms with Crippen LogP contribution in [0.4, 0.5) is 0 Å². The lowest BCUT2D eigenvalue weighted by atomic mass is 10.1. The van der Waals surface area contributed by atoms with E-state index >= 15 is 0 Å². The molecule has 4 aromatic rings. The molecule has 1 N–H and O–H groups in total. The second-order valence-electron chi connectivity index (χ2n) is 7.29. The lowest BCUT2D eigenvalue weighted by Gasteiger charge is -2.25.